The molecule has 1 fully saturated rings. The van der Waals surface area contributed by atoms with Gasteiger partial charge in [-0.3, -0.25) is 0 Å². The molecule has 0 saturated carbocycles. The molecule has 1 aliphatic rings. The molecule has 21 heavy (non-hydrogen) atoms. The Hall–Kier alpha value is -1.47. The van der Waals surface area contributed by atoms with Gasteiger partial charge < -0.3 is 4.90 Å². The molecule has 7 heteroatoms. The molecular weight excluding hydrogens is 306 g/mol. The van der Waals surface area contributed by atoms with Crippen LogP contribution >= 0.6 is 11.5 Å². The first kappa shape index (κ1) is 14.5. The zero-order chi connectivity index (χ0) is 14.9. The normalized spacial score (nSPS) is 19.7. The molecule has 1 atom stereocenters. The molecular formula is C14H17N3O2S2. The van der Waals surface area contributed by atoms with Gasteiger partial charge in [0.25, 0.3) is 0 Å². The monoisotopic (exact) mass is 323 g/mol. The van der Waals surface area contributed by atoms with Crippen LogP contribution < -0.4 is 4.90 Å². The summed E-state index contributed by atoms with van der Waals surface area (Å²) in [4.78, 5) is 6.60. The Morgan fingerprint density at radius 3 is 2.76 bits per heavy atom. The lowest BCUT2D eigenvalue weighted by Crippen LogP contribution is -2.41. The van der Waals surface area contributed by atoms with Gasteiger partial charge in [0, 0.05) is 36.4 Å². The number of aromatic nitrogens is 2. The summed E-state index contributed by atoms with van der Waals surface area (Å²) in [6.45, 7) is 1.36. The van der Waals surface area contributed by atoms with Gasteiger partial charge in [0.1, 0.15) is 0 Å². The Labute approximate surface area is 128 Å². The van der Waals surface area contributed by atoms with Crippen LogP contribution in [-0.2, 0) is 9.84 Å². The number of benzene rings is 1. The van der Waals surface area contributed by atoms with Crippen molar-refractivity contribution >= 4 is 26.5 Å². The van der Waals surface area contributed by atoms with E-state index in [4.69, 9.17) is 0 Å². The number of hydrogen-bond acceptors (Lipinski definition) is 6. The van der Waals surface area contributed by atoms with Crippen molar-refractivity contribution < 1.29 is 8.42 Å². The quantitative estimate of drug-likeness (QED) is 0.866. The zero-order valence-electron chi connectivity index (χ0n) is 11.8. The first-order valence-corrected chi connectivity index (χ1v) is 9.60. The fourth-order valence-corrected chi connectivity index (χ4v) is 4.28. The molecule has 0 bridgehead atoms. The van der Waals surface area contributed by atoms with Crippen LogP contribution in [0.3, 0.4) is 0 Å². The van der Waals surface area contributed by atoms with Crippen molar-refractivity contribution in [1.29, 1.82) is 0 Å². The highest BCUT2D eigenvalue weighted by atomic mass is 32.2. The van der Waals surface area contributed by atoms with Gasteiger partial charge in [-0.1, -0.05) is 30.3 Å². The number of nitrogens with zero attached hydrogens (tertiary/aromatic N) is 3. The van der Waals surface area contributed by atoms with E-state index >= 15 is 0 Å². The maximum atomic E-state index is 11.7. The molecule has 2 heterocycles. The molecule has 5 nitrogen and oxygen atoms in total. The fraction of sp³-hybridized carbons (Fsp3) is 0.429. The largest absolute Gasteiger partial charge is 0.346 e. The average molecular weight is 323 g/mol. The first-order valence-electron chi connectivity index (χ1n) is 6.87. The van der Waals surface area contributed by atoms with Gasteiger partial charge in [0.05, 0.1) is 5.25 Å². The highest BCUT2D eigenvalue weighted by Gasteiger charge is 2.29. The molecule has 0 radical (unpaired) electrons. The maximum absolute atomic E-state index is 11.7. The van der Waals surface area contributed by atoms with Crippen molar-refractivity contribution in [2.45, 2.75) is 18.1 Å². The van der Waals surface area contributed by atoms with Gasteiger partial charge in [-0.25, -0.2) is 8.42 Å². The smallest absolute Gasteiger partial charge is 0.205 e. The first-order chi connectivity index (χ1) is 10.0. The average Bonchev–Trinajstić information content (AvgIpc) is 2.97. The standard InChI is InChI=1S/C14H17N3O2S2/c1-21(18,19)12-8-5-9-17(10-12)14-15-13(16-20-14)11-6-3-2-4-7-11/h2-4,6-7,12H,5,8-10H2,1H3. The van der Waals surface area contributed by atoms with E-state index in [0.29, 0.717) is 12.4 Å². The lowest BCUT2D eigenvalue weighted by atomic mass is 10.1. The topological polar surface area (TPSA) is 63.2 Å². The maximum Gasteiger partial charge on any atom is 0.205 e. The third-order valence-electron chi connectivity index (χ3n) is 3.70. The highest BCUT2D eigenvalue weighted by Crippen LogP contribution is 2.27. The van der Waals surface area contributed by atoms with Crippen LogP contribution in [-0.4, -0.2) is 42.4 Å². The molecule has 0 spiro atoms. The minimum absolute atomic E-state index is 0.296. The van der Waals surface area contributed by atoms with Crippen molar-refractivity contribution in [3.8, 4) is 11.4 Å². The lowest BCUT2D eigenvalue weighted by molar-refractivity contribution is 0.535. The van der Waals surface area contributed by atoms with Crippen LogP contribution in [0.2, 0.25) is 0 Å². The molecule has 0 aliphatic carbocycles. The van der Waals surface area contributed by atoms with E-state index < -0.39 is 9.84 Å². The molecule has 3 rings (SSSR count). The van der Waals surface area contributed by atoms with Gasteiger partial charge in [-0.15, -0.1) is 0 Å². The van der Waals surface area contributed by atoms with Crippen LogP contribution in [0.1, 0.15) is 12.8 Å². The van der Waals surface area contributed by atoms with Crippen molar-refractivity contribution in [2.24, 2.45) is 0 Å². The predicted octanol–water partition coefficient (Wildman–Crippen LogP) is 2.22. The third kappa shape index (κ3) is 3.24. The second-order valence-electron chi connectivity index (χ2n) is 5.31. The van der Waals surface area contributed by atoms with Gasteiger partial charge in [-0.2, -0.15) is 9.36 Å². The SMILES string of the molecule is CS(=O)(=O)C1CCCN(c2nc(-c3ccccc3)ns2)C1. The Bertz CT molecular complexity index is 713. The Balaban J connectivity index is 1.80. The summed E-state index contributed by atoms with van der Waals surface area (Å²) in [7, 11) is -3.00. The highest BCUT2D eigenvalue weighted by molar-refractivity contribution is 7.91. The number of anilines is 1. The summed E-state index contributed by atoms with van der Waals surface area (Å²) in [6, 6.07) is 9.81. The molecule has 1 saturated heterocycles. The van der Waals surface area contributed by atoms with E-state index in [1.807, 2.05) is 35.2 Å². The van der Waals surface area contributed by atoms with Crippen LogP contribution in [0, 0.1) is 0 Å². The van der Waals surface area contributed by atoms with E-state index in [9.17, 15) is 8.42 Å². The molecule has 1 aliphatic heterocycles. The van der Waals surface area contributed by atoms with E-state index in [1.54, 1.807) is 0 Å². The van der Waals surface area contributed by atoms with Crippen LogP contribution in [0.4, 0.5) is 5.13 Å². The summed E-state index contributed by atoms with van der Waals surface area (Å²) in [5, 5.41) is 0.512. The van der Waals surface area contributed by atoms with E-state index in [-0.39, 0.29) is 5.25 Å². The summed E-state index contributed by atoms with van der Waals surface area (Å²) < 4.78 is 27.8. The summed E-state index contributed by atoms with van der Waals surface area (Å²) in [6.07, 6.45) is 2.92. The molecule has 1 unspecified atom stereocenters. The number of hydrogen-bond donors (Lipinski definition) is 0. The molecule has 2 aromatic rings. The number of piperidine rings is 1. The molecule has 0 amide bonds. The van der Waals surface area contributed by atoms with Gasteiger partial charge in [-0.05, 0) is 12.8 Å². The minimum Gasteiger partial charge on any atom is -0.346 e. The lowest BCUT2D eigenvalue weighted by Gasteiger charge is -2.31. The fourth-order valence-electron chi connectivity index (χ4n) is 2.51. The van der Waals surface area contributed by atoms with Crippen molar-refractivity contribution in [1.82, 2.24) is 9.36 Å². The summed E-state index contributed by atoms with van der Waals surface area (Å²) in [5.41, 5.74) is 0.983. The molecule has 1 aromatic carbocycles. The van der Waals surface area contributed by atoms with Crippen LogP contribution in [0.25, 0.3) is 11.4 Å². The van der Waals surface area contributed by atoms with Gasteiger partial charge in [0.2, 0.25) is 5.13 Å². The second-order valence-corrected chi connectivity index (χ2v) is 8.36. The number of sulfone groups is 1. The Morgan fingerprint density at radius 1 is 1.29 bits per heavy atom. The molecule has 0 N–H and O–H groups in total. The van der Waals surface area contributed by atoms with Crippen LogP contribution in [0.5, 0.6) is 0 Å². The molecule has 1 aromatic heterocycles. The van der Waals surface area contributed by atoms with Crippen molar-refractivity contribution in [3.63, 3.8) is 0 Å². The van der Waals surface area contributed by atoms with Gasteiger partial charge >= 0.3 is 0 Å². The summed E-state index contributed by atoms with van der Waals surface area (Å²) in [5.74, 6) is 0.706. The van der Waals surface area contributed by atoms with Gasteiger partial charge in [0.15, 0.2) is 15.7 Å². The van der Waals surface area contributed by atoms with E-state index in [2.05, 4.69) is 9.36 Å². The van der Waals surface area contributed by atoms with E-state index in [0.717, 1.165) is 30.1 Å². The minimum atomic E-state index is -3.00. The zero-order valence-corrected chi connectivity index (χ0v) is 13.4. The van der Waals surface area contributed by atoms with Crippen molar-refractivity contribution in [3.05, 3.63) is 30.3 Å². The Morgan fingerprint density at radius 2 is 2.05 bits per heavy atom. The predicted molar refractivity (Wildman–Crippen MR) is 85.4 cm³/mol. The number of rotatable bonds is 3. The second kappa shape index (κ2) is 5.73. The van der Waals surface area contributed by atoms with E-state index in [1.165, 1.54) is 17.8 Å². The Kier molecular flexibility index (Phi) is 3.95. The third-order valence-corrected chi connectivity index (χ3v) is 6.07. The van der Waals surface area contributed by atoms with Crippen LogP contribution in [0.15, 0.2) is 30.3 Å². The summed E-state index contributed by atoms with van der Waals surface area (Å²) >= 11 is 1.33. The van der Waals surface area contributed by atoms with Crippen molar-refractivity contribution in [2.75, 3.05) is 24.2 Å². The molecule has 112 valence electrons.